The number of aromatic amines is 1. The maximum absolute atomic E-state index is 13.3. The van der Waals surface area contributed by atoms with Gasteiger partial charge in [-0.25, -0.2) is 4.98 Å². The molecule has 214 valence electrons. The van der Waals surface area contributed by atoms with E-state index in [4.69, 9.17) is 9.47 Å². The fourth-order valence-electron chi connectivity index (χ4n) is 4.69. The Bertz CT molecular complexity index is 1840. The SMILES string of the molecule is CN1C(=O)C(NC(=O)c2n[nH]c(Cc3ccccc3)n2)COc2ccc(C#CCCOc3ccc4cccnc4c3)cc21. The zero-order valence-electron chi connectivity index (χ0n) is 23.4. The van der Waals surface area contributed by atoms with Gasteiger partial charge in [-0.15, -0.1) is 5.10 Å². The second-order valence-electron chi connectivity index (χ2n) is 9.94. The van der Waals surface area contributed by atoms with Crippen molar-refractivity contribution in [3.8, 4) is 23.3 Å². The van der Waals surface area contributed by atoms with Crippen LogP contribution in [0.15, 0.2) is 85.1 Å². The number of carbonyl (C=O) groups excluding carboxylic acids is 2. The molecule has 0 fully saturated rings. The predicted molar refractivity (Wildman–Crippen MR) is 161 cm³/mol. The first-order valence-corrected chi connectivity index (χ1v) is 13.8. The lowest BCUT2D eigenvalue weighted by molar-refractivity contribution is -0.120. The van der Waals surface area contributed by atoms with Crippen molar-refractivity contribution in [2.75, 3.05) is 25.2 Å². The minimum atomic E-state index is -0.919. The lowest BCUT2D eigenvalue weighted by Gasteiger charge is -2.20. The Morgan fingerprint density at radius 2 is 2.00 bits per heavy atom. The molecule has 1 atom stereocenters. The lowest BCUT2D eigenvalue weighted by atomic mass is 10.1. The van der Waals surface area contributed by atoms with Crippen LogP contribution in [0.1, 0.15) is 34.0 Å². The van der Waals surface area contributed by atoms with Crippen LogP contribution in [-0.2, 0) is 11.2 Å². The molecule has 2 aromatic heterocycles. The first-order chi connectivity index (χ1) is 21.0. The standard InChI is InChI=1S/C33H28N6O4/c1-39-28-18-23(10-5-6-17-42-25-14-13-24-11-7-16-34-26(24)20-25)12-15-29(28)43-21-27(33(39)41)35-32(40)31-36-30(37-38-31)19-22-8-3-2-4-9-22/h2-4,7-9,11-16,18,20,27H,6,17,19,21H2,1H3,(H,35,40)(H,36,37,38). The van der Waals surface area contributed by atoms with E-state index in [9.17, 15) is 9.59 Å². The third-order valence-electron chi connectivity index (χ3n) is 6.91. The molecule has 43 heavy (non-hydrogen) atoms. The Balaban J connectivity index is 1.05. The summed E-state index contributed by atoms with van der Waals surface area (Å²) in [5, 5.41) is 10.6. The van der Waals surface area contributed by atoms with Gasteiger partial charge in [-0.1, -0.05) is 48.2 Å². The summed E-state index contributed by atoms with van der Waals surface area (Å²) < 4.78 is 11.7. The molecule has 0 bridgehead atoms. The zero-order valence-corrected chi connectivity index (χ0v) is 23.4. The number of nitrogens with one attached hydrogen (secondary N) is 2. The highest BCUT2D eigenvalue weighted by atomic mass is 16.5. The van der Waals surface area contributed by atoms with Crippen molar-refractivity contribution in [2.45, 2.75) is 18.9 Å². The molecule has 1 aliphatic heterocycles. The molecule has 1 aliphatic rings. The fraction of sp³-hybridized carbons (Fsp3) is 0.182. The van der Waals surface area contributed by atoms with Crippen molar-refractivity contribution in [1.82, 2.24) is 25.5 Å². The summed E-state index contributed by atoms with van der Waals surface area (Å²) in [7, 11) is 1.64. The summed E-state index contributed by atoms with van der Waals surface area (Å²) in [5.41, 5.74) is 3.21. The highest BCUT2D eigenvalue weighted by Gasteiger charge is 2.31. The number of anilines is 1. The fourth-order valence-corrected chi connectivity index (χ4v) is 4.69. The molecule has 2 amide bonds. The van der Waals surface area contributed by atoms with Gasteiger partial charge >= 0.3 is 0 Å². The number of ether oxygens (including phenoxy) is 2. The number of H-pyrrole nitrogens is 1. The molecule has 0 radical (unpaired) electrons. The quantitative estimate of drug-likeness (QED) is 0.224. The number of amides is 2. The molecule has 0 saturated carbocycles. The van der Waals surface area contributed by atoms with Crippen LogP contribution in [0, 0.1) is 11.8 Å². The molecule has 6 rings (SSSR count). The highest BCUT2D eigenvalue weighted by Crippen LogP contribution is 2.31. The Morgan fingerprint density at radius 3 is 2.88 bits per heavy atom. The number of likely N-dealkylation sites (N-methyl/N-ethyl adjacent to an activating group) is 1. The first-order valence-electron chi connectivity index (χ1n) is 13.8. The summed E-state index contributed by atoms with van der Waals surface area (Å²) in [4.78, 5) is 36.3. The molecular formula is C33H28N6O4. The molecule has 3 heterocycles. The Kier molecular flexibility index (Phi) is 7.95. The van der Waals surface area contributed by atoms with Gasteiger partial charge in [0, 0.05) is 43.1 Å². The largest absolute Gasteiger partial charge is 0.493 e. The van der Waals surface area contributed by atoms with Crippen LogP contribution in [0.2, 0.25) is 0 Å². The number of carbonyl (C=O) groups is 2. The number of aromatic nitrogens is 4. The third-order valence-corrected chi connectivity index (χ3v) is 6.91. The van der Waals surface area contributed by atoms with Crippen LogP contribution in [0.3, 0.4) is 0 Å². The summed E-state index contributed by atoms with van der Waals surface area (Å²) in [6.45, 7) is 0.396. The van der Waals surface area contributed by atoms with Gasteiger partial charge in [0.05, 0.1) is 17.8 Å². The minimum absolute atomic E-state index is 0.0319. The van der Waals surface area contributed by atoms with Gasteiger partial charge in [-0.3, -0.25) is 19.7 Å². The zero-order chi connectivity index (χ0) is 29.6. The van der Waals surface area contributed by atoms with Gasteiger partial charge in [0.1, 0.15) is 30.0 Å². The molecule has 10 nitrogen and oxygen atoms in total. The molecule has 0 aliphatic carbocycles. The number of hydrogen-bond donors (Lipinski definition) is 2. The van der Waals surface area contributed by atoms with E-state index in [2.05, 4.69) is 37.3 Å². The molecule has 1 unspecified atom stereocenters. The van der Waals surface area contributed by atoms with Crippen molar-refractivity contribution in [3.63, 3.8) is 0 Å². The monoisotopic (exact) mass is 572 g/mol. The van der Waals surface area contributed by atoms with E-state index in [0.29, 0.717) is 36.7 Å². The minimum Gasteiger partial charge on any atom is -0.493 e. The van der Waals surface area contributed by atoms with Gasteiger partial charge in [-0.2, -0.15) is 0 Å². The molecule has 10 heteroatoms. The van der Waals surface area contributed by atoms with Crippen molar-refractivity contribution >= 4 is 28.4 Å². The number of nitrogens with zero attached hydrogens (tertiary/aromatic N) is 4. The topological polar surface area (TPSA) is 122 Å². The van der Waals surface area contributed by atoms with E-state index < -0.39 is 11.9 Å². The van der Waals surface area contributed by atoms with E-state index >= 15 is 0 Å². The molecular weight excluding hydrogens is 544 g/mol. The number of fused-ring (bicyclic) bond motifs is 2. The molecule has 0 saturated heterocycles. The van der Waals surface area contributed by atoms with Crippen LogP contribution in [0.4, 0.5) is 5.69 Å². The number of pyridine rings is 1. The van der Waals surface area contributed by atoms with Crippen LogP contribution in [0.25, 0.3) is 10.9 Å². The first kappa shape index (κ1) is 27.5. The lowest BCUT2D eigenvalue weighted by Crippen LogP contribution is -2.49. The average Bonchev–Trinajstić information content (AvgIpc) is 3.47. The highest BCUT2D eigenvalue weighted by molar-refractivity contribution is 6.02. The van der Waals surface area contributed by atoms with E-state index in [1.54, 1.807) is 25.4 Å². The van der Waals surface area contributed by atoms with Crippen molar-refractivity contribution in [1.29, 1.82) is 0 Å². The predicted octanol–water partition coefficient (Wildman–Crippen LogP) is 3.92. The van der Waals surface area contributed by atoms with E-state index in [1.165, 1.54) is 4.90 Å². The van der Waals surface area contributed by atoms with E-state index in [-0.39, 0.29) is 18.3 Å². The summed E-state index contributed by atoms with van der Waals surface area (Å²) >= 11 is 0. The molecule has 3 aromatic carbocycles. The van der Waals surface area contributed by atoms with Crippen molar-refractivity contribution in [3.05, 3.63) is 108 Å². The van der Waals surface area contributed by atoms with Crippen LogP contribution in [0.5, 0.6) is 11.5 Å². The maximum atomic E-state index is 13.3. The van der Waals surface area contributed by atoms with Crippen LogP contribution < -0.4 is 19.7 Å². The number of benzene rings is 3. The van der Waals surface area contributed by atoms with Gasteiger partial charge < -0.3 is 19.7 Å². The Morgan fingerprint density at radius 1 is 1.12 bits per heavy atom. The maximum Gasteiger partial charge on any atom is 0.291 e. The Hall–Kier alpha value is -5.69. The summed E-state index contributed by atoms with van der Waals surface area (Å²) in [6.07, 6.45) is 2.78. The second-order valence-corrected chi connectivity index (χ2v) is 9.94. The summed E-state index contributed by atoms with van der Waals surface area (Å²) in [5.74, 6) is 7.13. The van der Waals surface area contributed by atoms with Gasteiger partial charge in [0.15, 0.2) is 0 Å². The normalized spacial score (nSPS) is 14.2. The molecule has 5 aromatic rings. The third kappa shape index (κ3) is 6.47. The van der Waals surface area contributed by atoms with E-state index in [0.717, 1.165) is 27.8 Å². The molecule has 0 spiro atoms. The van der Waals surface area contributed by atoms with Crippen molar-refractivity contribution < 1.29 is 19.1 Å². The average molecular weight is 573 g/mol. The van der Waals surface area contributed by atoms with Crippen molar-refractivity contribution in [2.24, 2.45) is 0 Å². The second kappa shape index (κ2) is 12.4. The number of hydrogen-bond acceptors (Lipinski definition) is 7. The molecule has 2 N–H and O–H groups in total. The van der Waals surface area contributed by atoms with Crippen LogP contribution in [-0.4, -0.2) is 58.3 Å². The Labute approximate surface area is 248 Å². The van der Waals surface area contributed by atoms with E-state index in [1.807, 2.05) is 66.7 Å². The number of rotatable bonds is 7. The van der Waals surface area contributed by atoms with Gasteiger partial charge in [0.25, 0.3) is 11.8 Å². The van der Waals surface area contributed by atoms with Gasteiger partial charge in [0.2, 0.25) is 5.82 Å². The van der Waals surface area contributed by atoms with Gasteiger partial charge in [-0.05, 0) is 42.0 Å². The smallest absolute Gasteiger partial charge is 0.291 e. The summed E-state index contributed by atoms with van der Waals surface area (Å²) in [6, 6.07) is 23.9. The van der Waals surface area contributed by atoms with Crippen LogP contribution >= 0.6 is 0 Å².